The molecule has 0 spiro atoms. The lowest BCUT2D eigenvalue weighted by Crippen LogP contribution is -2.50. The maximum absolute atomic E-state index is 6.18. The summed E-state index contributed by atoms with van der Waals surface area (Å²) in [5.41, 5.74) is 6.30. The number of hydrogen-bond acceptors (Lipinski definition) is 3. The summed E-state index contributed by atoms with van der Waals surface area (Å²) in [6.07, 6.45) is 2.18. The fraction of sp³-hybridized carbons (Fsp3) is 1.00. The van der Waals surface area contributed by atoms with Crippen LogP contribution in [0.25, 0.3) is 0 Å². The Morgan fingerprint density at radius 2 is 1.56 bits per heavy atom. The lowest BCUT2D eigenvalue weighted by Gasteiger charge is -2.41. The summed E-state index contributed by atoms with van der Waals surface area (Å²) in [6.45, 7) is 15.5. The molecule has 0 aromatic carbocycles. The highest BCUT2D eigenvalue weighted by Gasteiger charge is 2.47. The van der Waals surface area contributed by atoms with E-state index < -0.39 is 8.56 Å². The molecule has 0 aliphatic rings. The molecule has 0 rings (SSSR count). The van der Waals surface area contributed by atoms with Crippen molar-refractivity contribution >= 4 is 8.56 Å². The van der Waals surface area contributed by atoms with Crippen LogP contribution in [-0.2, 0) is 8.85 Å². The molecule has 0 bridgehead atoms. The number of rotatable bonds is 9. The van der Waals surface area contributed by atoms with E-state index in [0.29, 0.717) is 5.54 Å². The van der Waals surface area contributed by atoms with E-state index >= 15 is 0 Å². The van der Waals surface area contributed by atoms with E-state index in [-0.39, 0.29) is 5.41 Å². The Balaban J connectivity index is 4.94. The number of unbranched alkanes of at least 4 members (excludes halogenated alkanes) is 1. The molecule has 2 N–H and O–H groups in total. The topological polar surface area (TPSA) is 44.5 Å². The Kier molecular flexibility index (Phi) is 8.35. The van der Waals surface area contributed by atoms with Crippen molar-refractivity contribution in [3.8, 4) is 0 Å². The summed E-state index contributed by atoms with van der Waals surface area (Å²) in [6, 6.07) is 1.06. The molecule has 0 heterocycles. The van der Waals surface area contributed by atoms with Gasteiger partial charge in [-0.15, -0.1) is 0 Å². The van der Waals surface area contributed by atoms with Crippen LogP contribution in [0.3, 0.4) is 0 Å². The molecule has 0 amide bonds. The first-order chi connectivity index (χ1) is 8.34. The molecule has 110 valence electrons. The maximum atomic E-state index is 6.18. The first-order valence-electron chi connectivity index (χ1n) is 7.32. The van der Waals surface area contributed by atoms with Gasteiger partial charge in [0.2, 0.25) is 0 Å². The first-order valence-corrected chi connectivity index (χ1v) is 9.42. The Morgan fingerprint density at radius 1 is 1.06 bits per heavy atom. The lowest BCUT2D eigenvalue weighted by molar-refractivity contribution is 0.152. The summed E-state index contributed by atoms with van der Waals surface area (Å²) in [5.74, 6) is 0. The van der Waals surface area contributed by atoms with Crippen LogP contribution in [-0.4, -0.2) is 28.3 Å². The van der Waals surface area contributed by atoms with E-state index in [1.54, 1.807) is 0 Å². The molecule has 0 saturated carbocycles. The van der Waals surface area contributed by atoms with Gasteiger partial charge in [-0.05, 0) is 38.3 Å². The van der Waals surface area contributed by atoms with Gasteiger partial charge in [0, 0.05) is 18.8 Å². The molecule has 1 unspecified atom stereocenters. The van der Waals surface area contributed by atoms with Crippen LogP contribution < -0.4 is 5.73 Å². The van der Waals surface area contributed by atoms with E-state index in [4.69, 9.17) is 14.6 Å². The second-order valence-corrected chi connectivity index (χ2v) is 9.58. The second-order valence-electron chi connectivity index (χ2n) is 6.01. The highest BCUT2D eigenvalue weighted by atomic mass is 28.4. The van der Waals surface area contributed by atoms with Gasteiger partial charge in [0.25, 0.3) is 0 Å². The van der Waals surface area contributed by atoms with Crippen molar-refractivity contribution in [1.82, 2.24) is 0 Å². The van der Waals surface area contributed by atoms with Crippen LogP contribution in [0.2, 0.25) is 11.6 Å². The van der Waals surface area contributed by atoms with Gasteiger partial charge >= 0.3 is 8.56 Å². The van der Waals surface area contributed by atoms with Crippen molar-refractivity contribution < 1.29 is 8.85 Å². The third-order valence-corrected chi connectivity index (χ3v) is 8.51. The molecule has 4 heteroatoms. The van der Waals surface area contributed by atoms with Crippen molar-refractivity contribution in [2.75, 3.05) is 19.8 Å². The Bertz CT molecular complexity index is 210. The predicted octanol–water partition coefficient (Wildman–Crippen LogP) is 3.68. The molecule has 0 fully saturated rings. The largest absolute Gasteiger partial charge is 0.394 e. The minimum atomic E-state index is -2.13. The monoisotopic (exact) mass is 275 g/mol. The van der Waals surface area contributed by atoms with Crippen LogP contribution in [0.5, 0.6) is 0 Å². The minimum Gasteiger partial charge on any atom is -0.394 e. The third kappa shape index (κ3) is 5.39. The van der Waals surface area contributed by atoms with Crippen LogP contribution in [0, 0.1) is 5.41 Å². The van der Waals surface area contributed by atoms with Crippen LogP contribution >= 0.6 is 0 Å². The highest BCUT2D eigenvalue weighted by Crippen LogP contribution is 2.42. The summed E-state index contributed by atoms with van der Waals surface area (Å²) in [4.78, 5) is 0. The molecule has 18 heavy (non-hydrogen) atoms. The van der Waals surface area contributed by atoms with Crippen molar-refractivity contribution in [2.24, 2.45) is 11.1 Å². The smallest absolute Gasteiger partial charge is 0.341 e. The van der Waals surface area contributed by atoms with Crippen LogP contribution in [0.1, 0.15) is 54.4 Å². The normalized spacial score (nSPS) is 14.8. The van der Waals surface area contributed by atoms with E-state index in [0.717, 1.165) is 38.6 Å². The van der Waals surface area contributed by atoms with Crippen molar-refractivity contribution in [3.63, 3.8) is 0 Å². The van der Waals surface area contributed by atoms with Gasteiger partial charge in [-0.2, -0.15) is 0 Å². The molecular weight excluding hydrogens is 242 g/mol. The fourth-order valence-electron chi connectivity index (χ4n) is 2.32. The van der Waals surface area contributed by atoms with Gasteiger partial charge in [0.1, 0.15) is 0 Å². The molecule has 0 aliphatic carbocycles. The number of hydrogen-bond donors (Lipinski definition) is 1. The molecule has 0 aromatic rings. The lowest BCUT2D eigenvalue weighted by atomic mass is 9.93. The SMILES string of the molecule is CCO[Si](CCCCN)(OCC)C(C)C(C)(C)C. The van der Waals surface area contributed by atoms with Gasteiger partial charge < -0.3 is 14.6 Å². The van der Waals surface area contributed by atoms with Crippen LogP contribution in [0.4, 0.5) is 0 Å². The summed E-state index contributed by atoms with van der Waals surface area (Å²) in [7, 11) is -2.13. The molecule has 0 aromatic heterocycles. The summed E-state index contributed by atoms with van der Waals surface area (Å²) >= 11 is 0. The van der Waals surface area contributed by atoms with E-state index in [2.05, 4.69) is 41.5 Å². The Hall–Kier alpha value is 0.0969. The van der Waals surface area contributed by atoms with E-state index in [1.807, 2.05) is 0 Å². The Labute approximate surface area is 115 Å². The van der Waals surface area contributed by atoms with Gasteiger partial charge in [-0.3, -0.25) is 0 Å². The predicted molar refractivity (Wildman–Crippen MR) is 81.0 cm³/mol. The minimum absolute atomic E-state index is 0.222. The van der Waals surface area contributed by atoms with Gasteiger partial charge in [0.15, 0.2) is 0 Å². The van der Waals surface area contributed by atoms with Gasteiger partial charge in [-0.1, -0.05) is 34.1 Å². The van der Waals surface area contributed by atoms with E-state index in [1.165, 1.54) is 0 Å². The zero-order valence-electron chi connectivity index (χ0n) is 13.2. The fourth-order valence-corrected chi connectivity index (χ4v) is 6.66. The van der Waals surface area contributed by atoms with Crippen LogP contribution in [0.15, 0.2) is 0 Å². The average molecular weight is 276 g/mol. The zero-order chi connectivity index (χ0) is 14.2. The maximum Gasteiger partial charge on any atom is 0.341 e. The zero-order valence-corrected chi connectivity index (χ0v) is 14.2. The molecule has 0 radical (unpaired) electrons. The first kappa shape index (κ1) is 18.1. The van der Waals surface area contributed by atoms with E-state index in [9.17, 15) is 0 Å². The Morgan fingerprint density at radius 3 is 1.89 bits per heavy atom. The summed E-state index contributed by atoms with van der Waals surface area (Å²) in [5, 5.41) is 0. The second kappa shape index (κ2) is 8.30. The van der Waals surface area contributed by atoms with Gasteiger partial charge in [0.05, 0.1) is 0 Å². The molecule has 0 aliphatic heterocycles. The average Bonchev–Trinajstić information content (AvgIpc) is 2.27. The van der Waals surface area contributed by atoms with Crippen molar-refractivity contribution in [3.05, 3.63) is 0 Å². The third-order valence-electron chi connectivity index (χ3n) is 3.72. The molecular formula is C14H33NO2Si. The van der Waals surface area contributed by atoms with Crippen molar-refractivity contribution in [2.45, 2.75) is 66.0 Å². The van der Waals surface area contributed by atoms with Gasteiger partial charge in [-0.25, -0.2) is 0 Å². The standard InChI is InChI=1S/C14H33NO2Si/c1-7-16-18(17-8-2,12-10-9-11-15)13(3)14(4,5)6/h13H,7-12,15H2,1-6H3. The molecule has 0 saturated heterocycles. The molecule has 3 nitrogen and oxygen atoms in total. The number of nitrogens with two attached hydrogens (primary N) is 1. The van der Waals surface area contributed by atoms with Crippen molar-refractivity contribution in [1.29, 1.82) is 0 Å². The quantitative estimate of drug-likeness (QED) is 0.516. The molecule has 1 atom stereocenters. The summed E-state index contributed by atoms with van der Waals surface area (Å²) < 4.78 is 12.4. The highest BCUT2D eigenvalue weighted by molar-refractivity contribution is 6.69.